The van der Waals surface area contributed by atoms with Crippen molar-refractivity contribution in [1.82, 2.24) is 25.3 Å². The highest BCUT2D eigenvalue weighted by Gasteiger charge is 2.41. The van der Waals surface area contributed by atoms with Crippen LogP contribution in [0.4, 0.5) is 5.82 Å². The minimum atomic E-state index is -0.427. The van der Waals surface area contributed by atoms with Gasteiger partial charge in [-0.1, -0.05) is 0 Å². The van der Waals surface area contributed by atoms with Crippen molar-refractivity contribution in [3.8, 4) is 0 Å². The number of amides is 1. The summed E-state index contributed by atoms with van der Waals surface area (Å²) in [5, 5.41) is 18.6. The predicted molar refractivity (Wildman–Crippen MR) is 82.6 cm³/mol. The van der Waals surface area contributed by atoms with Gasteiger partial charge in [0.25, 0.3) is 0 Å². The van der Waals surface area contributed by atoms with Crippen LogP contribution >= 0.6 is 0 Å². The number of rotatable bonds is 5. The molecule has 120 valence electrons. The number of anilines is 1. The van der Waals surface area contributed by atoms with E-state index < -0.39 is 5.41 Å². The van der Waals surface area contributed by atoms with E-state index in [4.69, 9.17) is 4.74 Å². The number of carbonyl (C=O) groups excluding carboxylic acids is 1. The maximum absolute atomic E-state index is 12.8. The van der Waals surface area contributed by atoms with Gasteiger partial charge in [-0.2, -0.15) is 10.2 Å². The van der Waals surface area contributed by atoms with Gasteiger partial charge in [-0.15, -0.1) is 0 Å². The summed E-state index contributed by atoms with van der Waals surface area (Å²) in [4.78, 5) is 12.8. The second-order valence-corrected chi connectivity index (χ2v) is 5.91. The Morgan fingerprint density at radius 3 is 3.05 bits per heavy atom. The van der Waals surface area contributed by atoms with E-state index in [1.165, 1.54) is 0 Å². The number of aryl methyl sites for hydroxylation is 2. The zero-order valence-electron chi connectivity index (χ0n) is 13.2. The fourth-order valence-corrected chi connectivity index (χ4v) is 3.13. The van der Waals surface area contributed by atoms with Gasteiger partial charge in [0.1, 0.15) is 5.82 Å². The third-order valence-electron chi connectivity index (χ3n) is 4.46. The number of aromatic nitrogens is 4. The molecule has 1 atom stereocenters. The van der Waals surface area contributed by atoms with Gasteiger partial charge in [0.15, 0.2) is 5.65 Å². The lowest BCUT2D eigenvalue weighted by molar-refractivity contribution is -0.125. The minimum absolute atomic E-state index is 0.00310. The zero-order valence-corrected chi connectivity index (χ0v) is 13.2. The molecule has 0 saturated carbocycles. The molecule has 1 fully saturated rings. The topological polar surface area (TPSA) is 96.9 Å². The number of fused-ring (bicyclic) bond motifs is 1. The third kappa shape index (κ3) is 2.38. The van der Waals surface area contributed by atoms with E-state index in [1.807, 2.05) is 14.0 Å². The summed E-state index contributed by atoms with van der Waals surface area (Å²) in [5.74, 6) is 0.623. The van der Waals surface area contributed by atoms with E-state index in [1.54, 1.807) is 11.8 Å². The molecule has 1 unspecified atom stereocenters. The Balaban J connectivity index is 1.85. The second kappa shape index (κ2) is 5.69. The molecule has 0 radical (unpaired) electrons. The first kappa shape index (κ1) is 15.0. The Kier molecular flexibility index (Phi) is 3.88. The number of carbonyl (C=O) groups is 1. The Bertz CT molecular complexity index is 683. The van der Waals surface area contributed by atoms with Crippen LogP contribution in [0, 0.1) is 12.3 Å². The number of nitrogens with zero attached hydrogens (tertiary/aromatic N) is 3. The number of hydrogen-bond donors (Lipinski definition) is 3. The van der Waals surface area contributed by atoms with Crippen LogP contribution in [-0.4, -0.2) is 52.7 Å². The molecular formula is C14H22N6O2. The molecule has 0 bridgehead atoms. The summed E-state index contributed by atoms with van der Waals surface area (Å²) >= 11 is 0. The summed E-state index contributed by atoms with van der Waals surface area (Å²) in [5.41, 5.74) is 1.16. The van der Waals surface area contributed by atoms with Crippen LogP contribution < -0.4 is 10.6 Å². The highest BCUT2D eigenvalue weighted by Crippen LogP contribution is 2.32. The summed E-state index contributed by atoms with van der Waals surface area (Å²) in [6.07, 6.45) is 1.51. The first-order chi connectivity index (χ1) is 10.6. The Hall–Kier alpha value is -1.93. The summed E-state index contributed by atoms with van der Waals surface area (Å²) in [6, 6.07) is 0. The van der Waals surface area contributed by atoms with Crippen molar-refractivity contribution >= 4 is 22.8 Å². The van der Waals surface area contributed by atoms with Gasteiger partial charge in [-0.25, -0.2) is 4.68 Å². The first-order valence-corrected chi connectivity index (χ1v) is 7.46. The van der Waals surface area contributed by atoms with E-state index in [0.717, 1.165) is 29.7 Å². The maximum atomic E-state index is 12.8. The number of methoxy groups -OCH3 is 1. The molecule has 8 heteroatoms. The van der Waals surface area contributed by atoms with Crippen LogP contribution in [0.2, 0.25) is 0 Å². The van der Waals surface area contributed by atoms with Crippen molar-refractivity contribution in [2.45, 2.75) is 19.8 Å². The molecule has 2 aromatic rings. The summed E-state index contributed by atoms with van der Waals surface area (Å²) < 4.78 is 6.87. The molecule has 3 rings (SSSR count). The van der Waals surface area contributed by atoms with Crippen LogP contribution in [0.25, 0.3) is 11.0 Å². The quantitative estimate of drug-likeness (QED) is 0.750. The standard InChI is InChI=1S/C14H22N6O2/c1-9-10-11(17-18-12(10)20(2)19-9)16-13(21)14(5-7-22-3)4-6-15-8-14/h15H,4-8H2,1-3H3,(H2,16,17,18,21). The lowest BCUT2D eigenvalue weighted by atomic mass is 9.83. The van der Waals surface area contributed by atoms with E-state index in [2.05, 4.69) is 25.9 Å². The Labute approximate surface area is 128 Å². The fourth-order valence-electron chi connectivity index (χ4n) is 3.13. The molecule has 3 heterocycles. The lowest BCUT2D eigenvalue weighted by Gasteiger charge is -2.26. The summed E-state index contributed by atoms with van der Waals surface area (Å²) in [7, 11) is 3.49. The van der Waals surface area contributed by atoms with E-state index in [9.17, 15) is 4.79 Å². The van der Waals surface area contributed by atoms with Crippen molar-refractivity contribution in [3.63, 3.8) is 0 Å². The molecule has 0 spiro atoms. The smallest absolute Gasteiger partial charge is 0.233 e. The van der Waals surface area contributed by atoms with Gasteiger partial charge in [-0.3, -0.25) is 9.89 Å². The fraction of sp³-hybridized carbons (Fsp3) is 0.643. The Morgan fingerprint density at radius 1 is 1.55 bits per heavy atom. The largest absolute Gasteiger partial charge is 0.385 e. The average molecular weight is 306 g/mol. The predicted octanol–water partition coefficient (Wildman–Crippen LogP) is 0.560. The van der Waals surface area contributed by atoms with Crippen molar-refractivity contribution in [2.75, 3.05) is 32.1 Å². The number of H-pyrrole nitrogens is 1. The number of ether oxygens (including phenoxy) is 1. The molecule has 1 aliphatic heterocycles. The SMILES string of the molecule is COCCC1(C(=O)Nc2[nH]nc3c2c(C)nn3C)CCNC1. The van der Waals surface area contributed by atoms with Crippen molar-refractivity contribution in [3.05, 3.63) is 5.69 Å². The average Bonchev–Trinajstić information content (AvgIpc) is 3.17. The van der Waals surface area contributed by atoms with E-state index in [0.29, 0.717) is 25.4 Å². The minimum Gasteiger partial charge on any atom is -0.385 e. The zero-order chi connectivity index (χ0) is 15.7. The number of aromatic amines is 1. The molecule has 2 aromatic heterocycles. The van der Waals surface area contributed by atoms with E-state index in [-0.39, 0.29) is 5.91 Å². The molecule has 1 saturated heterocycles. The molecule has 0 aliphatic carbocycles. The van der Waals surface area contributed by atoms with Crippen LogP contribution in [0.5, 0.6) is 0 Å². The van der Waals surface area contributed by atoms with Crippen molar-refractivity contribution < 1.29 is 9.53 Å². The normalized spacial score (nSPS) is 21.6. The van der Waals surface area contributed by atoms with Crippen molar-refractivity contribution in [2.24, 2.45) is 12.5 Å². The monoisotopic (exact) mass is 306 g/mol. The molecular weight excluding hydrogens is 284 g/mol. The van der Waals surface area contributed by atoms with Gasteiger partial charge in [0, 0.05) is 27.3 Å². The van der Waals surface area contributed by atoms with Gasteiger partial charge in [0.2, 0.25) is 5.91 Å². The van der Waals surface area contributed by atoms with Crippen LogP contribution in [0.1, 0.15) is 18.5 Å². The van der Waals surface area contributed by atoms with E-state index >= 15 is 0 Å². The van der Waals surface area contributed by atoms with Gasteiger partial charge in [-0.05, 0) is 26.3 Å². The van der Waals surface area contributed by atoms with Crippen LogP contribution in [-0.2, 0) is 16.6 Å². The molecule has 3 N–H and O–H groups in total. The highest BCUT2D eigenvalue weighted by atomic mass is 16.5. The highest BCUT2D eigenvalue weighted by molar-refractivity contribution is 6.02. The summed E-state index contributed by atoms with van der Waals surface area (Å²) in [6.45, 7) is 4.00. The second-order valence-electron chi connectivity index (χ2n) is 5.91. The molecule has 0 aromatic carbocycles. The lowest BCUT2D eigenvalue weighted by Crippen LogP contribution is -2.39. The molecule has 22 heavy (non-hydrogen) atoms. The van der Waals surface area contributed by atoms with Crippen LogP contribution in [0.15, 0.2) is 0 Å². The van der Waals surface area contributed by atoms with Crippen LogP contribution in [0.3, 0.4) is 0 Å². The maximum Gasteiger partial charge on any atom is 0.233 e. The first-order valence-electron chi connectivity index (χ1n) is 7.46. The van der Waals surface area contributed by atoms with Gasteiger partial charge >= 0.3 is 0 Å². The molecule has 8 nitrogen and oxygen atoms in total. The molecule has 1 aliphatic rings. The number of hydrogen-bond acceptors (Lipinski definition) is 5. The Morgan fingerprint density at radius 2 is 2.36 bits per heavy atom. The molecule has 1 amide bonds. The van der Waals surface area contributed by atoms with Gasteiger partial charge < -0.3 is 15.4 Å². The van der Waals surface area contributed by atoms with Gasteiger partial charge in [0.05, 0.1) is 16.5 Å². The van der Waals surface area contributed by atoms with Crippen molar-refractivity contribution in [1.29, 1.82) is 0 Å². The number of nitrogens with one attached hydrogen (secondary N) is 3. The third-order valence-corrected chi connectivity index (χ3v) is 4.46.